The third-order valence-corrected chi connectivity index (χ3v) is 3.61. The molecule has 0 bridgehead atoms. The van der Waals surface area contributed by atoms with Crippen molar-refractivity contribution in [2.45, 2.75) is 13.0 Å². The van der Waals surface area contributed by atoms with Crippen molar-refractivity contribution in [3.05, 3.63) is 70.9 Å². The number of rotatable bonds is 5. The van der Waals surface area contributed by atoms with Crippen molar-refractivity contribution in [2.24, 2.45) is 0 Å². The van der Waals surface area contributed by atoms with Gasteiger partial charge in [-0.1, -0.05) is 35.9 Å². The van der Waals surface area contributed by atoms with E-state index >= 15 is 0 Å². The highest BCUT2D eigenvalue weighted by Crippen LogP contribution is 2.19. The molecule has 23 heavy (non-hydrogen) atoms. The lowest BCUT2D eigenvalue weighted by atomic mass is 10.1. The SMILES string of the molecule is O=C(O)Cc1ccc(OCc2ccc3ccc(Cl)cc3n2)cc1. The standard InChI is InChI=1S/C18H14ClNO3/c19-14-5-3-13-4-6-15(20-17(13)10-14)11-23-16-7-1-12(2-8-16)9-18(21)22/h1-8,10H,9,11H2,(H,21,22). The molecule has 1 aromatic heterocycles. The highest BCUT2D eigenvalue weighted by Gasteiger charge is 2.03. The Morgan fingerprint density at radius 2 is 1.83 bits per heavy atom. The van der Waals surface area contributed by atoms with Gasteiger partial charge in [0.2, 0.25) is 0 Å². The summed E-state index contributed by atoms with van der Waals surface area (Å²) in [5.41, 5.74) is 2.37. The van der Waals surface area contributed by atoms with Crippen LogP contribution in [0, 0.1) is 0 Å². The molecule has 0 amide bonds. The van der Waals surface area contributed by atoms with E-state index in [0.29, 0.717) is 17.4 Å². The Morgan fingerprint density at radius 1 is 1.09 bits per heavy atom. The van der Waals surface area contributed by atoms with Crippen LogP contribution in [0.1, 0.15) is 11.3 Å². The van der Waals surface area contributed by atoms with Crippen LogP contribution < -0.4 is 4.74 Å². The van der Waals surface area contributed by atoms with Crippen LogP contribution in [-0.4, -0.2) is 16.1 Å². The summed E-state index contributed by atoms with van der Waals surface area (Å²) in [7, 11) is 0. The maximum atomic E-state index is 10.6. The van der Waals surface area contributed by atoms with E-state index in [1.54, 1.807) is 24.3 Å². The fourth-order valence-electron chi connectivity index (χ4n) is 2.25. The van der Waals surface area contributed by atoms with E-state index in [1.807, 2.05) is 30.3 Å². The largest absolute Gasteiger partial charge is 0.487 e. The van der Waals surface area contributed by atoms with Gasteiger partial charge in [0.25, 0.3) is 0 Å². The average Bonchev–Trinajstić information content (AvgIpc) is 2.53. The van der Waals surface area contributed by atoms with Gasteiger partial charge in [0.15, 0.2) is 0 Å². The van der Waals surface area contributed by atoms with Crippen LogP contribution in [0.25, 0.3) is 10.9 Å². The minimum absolute atomic E-state index is 0.00721. The molecular formula is C18H14ClNO3. The number of carboxylic acid groups (broad SMARTS) is 1. The van der Waals surface area contributed by atoms with E-state index in [4.69, 9.17) is 21.4 Å². The zero-order chi connectivity index (χ0) is 16.2. The quantitative estimate of drug-likeness (QED) is 0.766. The lowest BCUT2D eigenvalue weighted by Crippen LogP contribution is -2.01. The molecule has 116 valence electrons. The molecule has 1 heterocycles. The van der Waals surface area contributed by atoms with Gasteiger partial charge in [0.1, 0.15) is 12.4 Å². The van der Waals surface area contributed by atoms with Gasteiger partial charge in [-0.15, -0.1) is 0 Å². The molecule has 3 rings (SSSR count). The number of carbonyl (C=O) groups is 1. The van der Waals surface area contributed by atoms with Gasteiger partial charge < -0.3 is 9.84 Å². The first kappa shape index (κ1) is 15.3. The fourth-order valence-corrected chi connectivity index (χ4v) is 2.41. The number of ether oxygens (including phenoxy) is 1. The number of benzene rings is 2. The van der Waals surface area contributed by atoms with Crippen molar-refractivity contribution in [3.8, 4) is 5.75 Å². The molecule has 5 heteroatoms. The third-order valence-electron chi connectivity index (χ3n) is 3.38. The third kappa shape index (κ3) is 3.99. The predicted molar refractivity (Wildman–Crippen MR) is 88.9 cm³/mol. The molecule has 3 aromatic rings. The second-order valence-corrected chi connectivity index (χ2v) is 5.58. The highest BCUT2D eigenvalue weighted by molar-refractivity contribution is 6.31. The number of hydrogen-bond donors (Lipinski definition) is 1. The number of pyridine rings is 1. The zero-order valence-corrected chi connectivity index (χ0v) is 13.0. The van der Waals surface area contributed by atoms with Crippen molar-refractivity contribution >= 4 is 28.5 Å². The first-order chi connectivity index (χ1) is 11.1. The van der Waals surface area contributed by atoms with Gasteiger partial charge in [0.05, 0.1) is 17.6 Å². The van der Waals surface area contributed by atoms with Gasteiger partial charge >= 0.3 is 5.97 Å². The Hall–Kier alpha value is -2.59. The molecule has 0 saturated heterocycles. The van der Waals surface area contributed by atoms with E-state index < -0.39 is 5.97 Å². The fraction of sp³-hybridized carbons (Fsp3) is 0.111. The van der Waals surface area contributed by atoms with Crippen LogP contribution in [0.5, 0.6) is 5.75 Å². The predicted octanol–water partition coefficient (Wildman–Crippen LogP) is 4.09. The molecule has 0 fully saturated rings. The molecular weight excluding hydrogens is 314 g/mol. The van der Waals surface area contributed by atoms with Crippen LogP contribution in [0.4, 0.5) is 0 Å². The smallest absolute Gasteiger partial charge is 0.307 e. The summed E-state index contributed by atoms with van der Waals surface area (Å²) >= 11 is 5.98. The average molecular weight is 328 g/mol. The molecule has 0 aliphatic rings. The van der Waals surface area contributed by atoms with Crippen LogP contribution in [0.2, 0.25) is 5.02 Å². The number of aliphatic carboxylic acids is 1. The summed E-state index contributed by atoms with van der Waals surface area (Å²) < 4.78 is 5.69. The first-order valence-corrected chi connectivity index (χ1v) is 7.47. The maximum absolute atomic E-state index is 10.6. The molecule has 0 aliphatic carbocycles. The second-order valence-electron chi connectivity index (χ2n) is 5.14. The van der Waals surface area contributed by atoms with E-state index in [9.17, 15) is 4.79 Å². The Morgan fingerprint density at radius 3 is 2.57 bits per heavy atom. The van der Waals surface area contributed by atoms with Gasteiger partial charge in [-0.3, -0.25) is 4.79 Å². The minimum atomic E-state index is -0.849. The van der Waals surface area contributed by atoms with Crippen molar-refractivity contribution in [3.63, 3.8) is 0 Å². The summed E-state index contributed by atoms with van der Waals surface area (Å²) in [6.45, 7) is 0.334. The number of carboxylic acids is 1. The molecule has 2 aromatic carbocycles. The molecule has 0 radical (unpaired) electrons. The van der Waals surface area contributed by atoms with Crippen LogP contribution in [0.15, 0.2) is 54.6 Å². The summed E-state index contributed by atoms with van der Waals surface area (Å²) in [5, 5.41) is 10.4. The molecule has 0 aliphatic heterocycles. The topological polar surface area (TPSA) is 59.4 Å². The lowest BCUT2D eigenvalue weighted by Gasteiger charge is -2.07. The Balaban J connectivity index is 1.69. The number of fused-ring (bicyclic) bond motifs is 1. The minimum Gasteiger partial charge on any atom is -0.487 e. The molecule has 0 saturated carbocycles. The van der Waals surface area contributed by atoms with Crippen molar-refractivity contribution in [2.75, 3.05) is 0 Å². The highest BCUT2D eigenvalue weighted by atomic mass is 35.5. The van der Waals surface area contributed by atoms with E-state index in [2.05, 4.69) is 4.98 Å². The normalized spacial score (nSPS) is 10.7. The van der Waals surface area contributed by atoms with Crippen molar-refractivity contribution in [1.82, 2.24) is 4.98 Å². The van der Waals surface area contributed by atoms with Crippen molar-refractivity contribution in [1.29, 1.82) is 0 Å². The number of aromatic nitrogens is 1. The van der Waals surface area contributed by atoms with Crippen LogP contribution >= 0.6 is 11.6 Å². The Labute approximate surface area is 138 Å². The van der Waals surface area contributed by atoms with E-state index in [1.165, 1.54) is 0 Å². The van der Waals surface area contributed by atoms with E-state index in [0.717, 1.165) is 22.2 Å². The zero-order valence-electron chi connectivity index (χ0n) is 12.2. The number of nitrogens with zero attached hydrogens (tertiary/aromatic N) is 1. The Kier molecular flexibility index (Phi) is 4.44. The number of halogens is 1. The van der Waals surface area contributed by atoms with Crippen molar-refractivity contribution < 1.29 is 14.6 Å². The van der Waals surface area contributed by atoms with Gasteiger partial charge in [-0.25, -0.2) is 4.98 Å². The van der Waals surface area contributed by atoms with Crippen LogP contribution in [-0.2, 0) is 17.8 Å². The Bertz CT molecular complexity index is 847. The van der Waals surface area contributed by atoms with E-state index in [-0.39, 0.29) is 6.42 Å². The van der Waals surface area contributed by atoms with Gasteiger partial charge in [0, 0.05) is 10.4 Å². The first-order valence-electron chi connectivity index (χ1n) is 7.09. The molecule has 1 N–H and O–H groups in total. The maximum Gasteiger partial charge on any atom is 0.307 e. The lowest BCUT2D eigenvalue weighted by molar-refractivity contribution is -0.136. The molecule has 0 atom stereocenters. The summed E-state index contributed by atoms with van der Waals surface area (Å²) in [5.74, 6) is -0.176. The summed E-state index contributed by atoms with van der Waals surface area (Å²) in [4.78, 5) is 15.2. The number of hydrogen-bond acceptors (Lipinski definition) is 3. The van der Waals surface area contributed by atoms with Gasteiger partial charge in [-0.05, 0) is 35.9 Å². The molecule has 0 unspecified atom stereocenters. The van der Waals surface area contributed by atoms with Gasteiger partial charge in [-0.2, -0.15) is 0 Å². The summed E-state index contributed by atoms with van der Waals surface area (Å²) in [6, 6.07) is 16.5. The van der Waals surface area contributed by atoms with Crippen LogP contribution in [0.3, 0.4) is 0 Å². The second kappa shape index (κ2) is 6.67. The monoisotopic (exact) mass is 327 g/mol. The summed E-state index contributed by atoms with van der Waals surface area (Å²) in [6.07, 6.45) is 0.00721. The molecule has 4 nitrogen and oxygen atoms in total. The molecule has 0 spiro atoms.